The number of carbonyl (C=O) groups is 1. The van der Waals surface area contributed by atoms with Crippen LogP contribution in [0.3, 0.4) is 0 Å². The second-order valence-electron chi connectivity index (χ2n) is 5.32. The molecule has 2 heterocycles. The highest BCUT2D eigenvalue weighted by molar-refractivity contribution is 7.19. The van der Waals surface area contributed by atoms with Gasteiger partial charge in [-0.15, -0.1) is 11.3 Å². The molecular formula is C18H13F3N2OS. The van der Waals surface area contributed by atoms with Crippen LogP contribution in [0.15, 0.2) is 60.9 Å². The molecule has 0 saturated carbocycles. The van der Waals surface area contributed by atoms with Crippen LogP contribution >= 0.6 is 11.3 Å². The average molecular weight is 362 g/mol. The van der Waals surface area contributed by atoms with Gasteiger partial charge in [0.25, 0.3) is 0 Å². The van der Waals surface area contributed by atoms with Crippen molar-refractivity contribution in [1.82, 2.24) is 4.98 Å². The zero-order chi connectivity index (χ0) is 17.9. The molecule has 0 bridgehead atoms. The van der Waals surface area contributed by atoms with Gasteiger partial charge in [-0.1, -0.05) is 12.1 Å². The molecule has 25 heavy (non-hydrogen) atoms. The summed E-state index contributed by atoms with van der Waals surface area (Å²) in [7, 11) is 0. The van der Waals surface area contributed by atoms with E-state index in [1.165, 1.54) is 23.5 Å². The van der Waals surface area contributed by atoms with Crippen LogP contribution < -0.4 is 5.32 Å². The lowest BCUT2D eigenvalue weighted by Crippen LogP contribution is -2.13. The monoisotopic (exact) mass is 362 g/mol. The van der Waals surface area contributed by atoms with E-state index >= 15 is 0 Å². The van der Waals surface area contributed by atoms with Gasteiger partial charge in [0.15, 0.2) is 0 Å². The van der Waals surface area contributed by atoms with Crippen LogP contribution in [0.5, 0.6) is 0 Å². The lowest BCUT2D eigenvalue weighted by molar-refractivity contribution is -0.137. The van der Waals surface area contributed by atoms with E-state index in [1.807, 2.05) is 0 Å². The third-order valence-corrected chi connectivity index (χ3v) is 4.53. The number of hydrogen-bond donors (Lipinski definition) is 1. The largest absolute Gasteiger partial charge is 0.416 e. The van der Waals surface area contributed by atoms with E-state index in [2.05, 4.69) is 10.3 Å². The molecule has 128 valence electrons. The summed E-state index contributed by atoms with van der Waals surface area (Å²) in [6.07, 6.45) is -0.872. The second kappa shape index (κ2) is 7.06. The summed E-state index contributed by atoms with van der Waals surface area (Å²) < 4.78 is 37.8. The molecule has 2 aromatic heterocycles. The van der Waals surface area contributed by atoms with Crippen molar-refractivity contribution < 1.29 is 18.0 Å². The molecule has 0 saturated heterocycles. The van der Waals surface area contributed by atoms with Crippen LogP contribution in [0, 0.1) is 0 Å². The smallest absolute Gasteiger partial charge is 0.317 e. The highest BCUT2D eigenvalue weighted by Crippen LogP contribution is 2.34. The normalized spacial score (nSPS) is 11.3. The van der Waals surface area contributed by atoms with Gasteiger partial charge < -0.3 is 5.32 Å². The molecule has 1 N–H and O–H groups in total. The van der Waals surface area contributed by atoms with Gasteiger partial charge in [0, 0.05) is 17.3 Å². The molecule has 0 aliphatic heterocycles. The molecule has 0 fully saturated rings. The van der Waals surface area contributed by atoms with E-state index in [-0.39, 0.29) is 12.3 Å². The predicted octanol–water partition coefficient (Wildman–Crippen LogP) is 5.01. The van der Waals surface area contributed by atoms with E-state index in [0.717, 1.165) is 22.6 Å². The fourth-order valence-corrected chi connectivity index (χ4v) is 3.18. The van der Waals surface area contributed by atoms with E-state index in [1.54, 1.807) is 36.7 Å². The van der Waals surface area contributed by atoms with Crippen LogP contribution in [0.4, 0.5) is 18.2 Å². The lowest BCUT2D eigenvalue weighted by Gasteiger charge is -2.06. The van der Waals surface area contributed by atoms with Gasteiger partial charge in [0.2, 0.25) is 5.91 Å². The van der Waals surface area contributed by atoms with Gasteiger partial charge in [-0.25, -0.2) is 0 Å². The number of anilines is 1. The van der Waals surface area contributed by atoms with Crippen molar-refractivity contribution in [3.63, 3.8) is 0 Å². The lowest BCUT2D eigenvalue weighted by atomic mass is 10.1. The number of alkyl halides is 3. The van der Waals surface area contributed by atoms with E-state index in [0.29, 0.717) is 10.6 Å². The maximum atomic E-state index is 12.6. The molecule has 0 aliphatic carbocycles. The quantitative estimate of drug-likeness (QED) is 0.709. The van der Waals surface area contributed by atoms with Crippen LogP contribution in [-0.2, 0) is 17.4 Å². The Morgan fingerprint density at radius 2 is 1.68 bits per heavy atom. The van der Waals surface area contributed by atoms with Gasteiger partial charge >= 0.3 is 6.18 Å². The number of benzene rings is 1. The topological polar surface area (TPSA) is 42.0 Å². The Bertz CT molecular complexity index is 858. The predicted molar refractivity (Wildman–Crippen MR) is 91.3 cm³/mol. The van der Waals surface area contributed by atoms with Crippen LogP contribution in [0.2, 0.25) is 0 Å². The number of thiophene rings is 1. The number of amides is 1. The highest BCUT2D eigenvalue weighted by Gasteiger charge is 2.30. The molecule has 0 aliphatic rings. The van der Waals surface area contributed by atoms with Gasteiger partial charge in [-0.3, -0.25) is 9.78 Å². The van der Waals surface area contributed by atoms with Crippen molar-refractivity contribution in [1.29, 1.82) is 0 Å². The minimum absolute atomic E-state index is 0.160. The maximum Gasteiger partial charge on any atom is 0.416 e. The molecular weight excluding hydrogens is 349 g/mol. The van der Waals surface area contributed by atoms with Crippen LogP contribution in [0.25, 0.3) is 10.4 Å². The average Bonchev–Trinajstić information content (AvgIpc) is 3.03. The van der Waals surface area contributed by atoms with Gasteiger partial charge in [-0.05, 0) is 47.5 Å². The summed E-state index contributed by atoms with van der Waals surface area (Å²) in [5.74, 6) is -0.160. The molecule has 3 aromatic rings. The van der Waals surface area contributed by atoms with Crippen LogP contribution in [-0.4, -0.2) is 10.9 Å². The summed E-state index contributed by atoms with van der Waals surface area (Å²) in [4.78, 5) is 16.7. The first-order valence-electron chi connectivity index (χ1n) is 7.38. The number of aromatic nitrogens is 1. The number of carbonyl (C=O) groups excluding carboxylic acids is 1. The van der Waals surface area contributed by atoms with Gasteiger partial charge in [0.05, 0.1) is 17.0 Å². The van der Waals surface area contributed by atoms with Crippen molar-refractivity contribution in [2.24, 2.45) is 0 Å². The minimum atomic E-state index is -4.35. The molecule has 0 spiro atoms. The van der Waals surface area contributed by atoms with E-state index in [4.69, 9.17) is 0 Å². The molecule has 1 amide bonds. The second-order valence-corrected chi connectivity index (χ2v) is 6.40. The molecule has 3 rings (SSSR count). The van der Waals surface area contributed by atoms with Gasteiger partial charge in [0.1, 0.15) is 0 Å². The standard InChI is InChI=1S/C18H13F3N2OS/c19-18(20,21)14-3-1-13(2-4-14)15-5-6-17(25-15)23-16(24)11-12-7-9-22-10-8-12/h1-10H,11H2,(H,23,24). The number of nitrogens with one attached hydrogen (secondary N) is 1. The third kappa shape index (κ3) is 4.45. The number of hydrogen-bond acceptors (Lipinski definition) is 3. The Kier molecular flexibility index (Phi) is 4.85. The Balaban J connectivity index is 1.67. The minimum Gasteiger partial charge on any atom is -0.317 e. The third-order valence-electron chi connectivity index (χ3n) is 3.48. The molecule has 0 radical (unpaired) electrons. The number of pyridine rings is 1. The van der Waals surface area contributed by atoms with E-state index in [9.17, 15) is 18.0 Å². The first-order chi connectivity index (χ1) is 11.9. The van der Waals surface area contributed by atoms with E-state index < -0.39 is 11.7 Å². The van der Waals surface area contributed by atoms with Crippen molar-refractivity contribution in [3.05, 3.63) is 72.1 Å². The van der Waals surface area contributed by atoms with Crippen molar-refractivity contribution in [2.75, 3.05) is 5.32 Å². The summed E-state index contributed by atoms with van der Waals surface area (Å²) in [5.41, 5.74) is 0.846. The summed E-state index contributed by atoms with van der Waals surface area (Å²) in [6, 6.07) is 12.0. The molecule has 7 heteroatoms. The Morgan fingerprint density at radius 3 is 2.32 bits per heavy atom. The number of nitrogens with zero attached hydrogens (tertiary/aromatic N) is 1. The van der Waals surface area contributed by atoms with Crippen molar-refractivity contribution in [2.45, 2.75) is 12.6 Å². The fourth-order valence-electron chi connectivity index (χ4n) is 2.25. The Morgan fingerprint density at radius 1 is 1.00 bits per heavy atom. The van der Waals surface area contributed by atoms with Crippen LogP contribution in [0.1, 0.15) is 11.1 Å². The Hall–Kier alpha value is -2.67. The highest BCUT2D eigenvalue weighted by atomic mass is 32.1. The first-order valence-corrected chi connectivity index (χ1v) is 8.20. The summed E-state index contributed by atoms with van der Waals surface area (Å²) in [6.45, 7) is 0. The summed E-state index contributed by atoms with van der Waals surface area (Å²) >= 11 is 1.31. The van der Waals surface area contributed by atoms with Gasteiger partial charge in [-0.2, -0.15) is 13.2 Å². The maximum absolute atomic E-state index is 12.6. The molecule has 1 aromatic carbocycles. The molecule has 0 unspecified atom stereocenters. The molecule has 3 nitrogen and oxygen atoms in total. The van der Waals surface area contributed by atoms with Crippen molar-refractivity contribution >= 4 is 22.2 Å². The zero-order valence-electron chi connectivity index (χ0n) is 12.9. The number of rotatable bonds is 4. The number of halogens is 3. The summed E-state index contributed by atoms with van der Waals surface area (Å²) in [5, 5.41) is 3.44. The molecule has 0 atom stereocenters. The fraction of sp³-hybridized carbons (Fsp3) is 0.111. The SMILES string of the molecule is O=C(Cc1ccncc1)Nc1ccc(-c2ccc(C(F)(F)F)cc2)s1. The Labute approximate surface area is 146 Å². The first kappa shape index (κ1) is 17.2. The zero-order valence-corrected chi connectivity index (χ0v) is 13.7. The van der Waals surface area contributed by atoms with Crippen molar-refractivity contribution in [3.8, 4) is 10.4 Å².